The average Bonchev–Trinajstić information content (AvgIpc) is 2.79. The number of ether oxygens (including phenoxy) is 1. The fourth-order valence-electron chi connectivity index (χ4n) is 1.88. The first-order chi connectivity index (χ1) is 7.61. The molecule has 0 aliphatic carbocycles. The molecule has 0 amide bonds. The van der Waals surface area contributed by atoms with E-state index in [0.29, 0.717) is 16.6 Å². The van der Waals surface area contributed by atoms with Gasteiger partial charge in [-0.1, -0.05) is 17.7 Å². The minimum Gasteiger partial charge on any atom is -0.376 e. The Labute approximate surface area is 107 Å². The molecule has 2 nitrogen and oxygen atoms in total. The Morgan fingerprint density at radius 1 is 1.56 bits per heavy atom. The Bertz CT molecular complexity index is 396. The summed E-state index contributed by atoms with van der Waals surface area (Å²) in [6.45, 7) is 0.699. The Hall–Kier alpha value is -0.160. The fraction of sp³-hybridized carbons (Fsp3) is 0.455. The zero-order valence-electron chi connectivity index (χ0n) is 8.55. The van der Waals surface area contributed by atoms with Crippen LogP contribution < -0.4 is 5.73 Å². The van der Waals surface area contributed by atoms with Crippen molar-refractivity contribution in [2.45, 2.75) is 25.0 Å². The number of halogens is 3. The highest BCUT2D eigenvalue weighted by Crippen LogP contribution is 2.33. The van der Waals surface area contributed by atoms with E-state index in [-0.39, 0.29) is 11.1 Å². The van der Waals surface area contributed by atoms with Gasteiger partial charge in [-0.25, -0.2) is 4.39 Å². The monoisotopic (exact) mass is 307 g/mol. The molecule has 1 heterocycles. The van der Waals surface area contributed by atoms with Crippen LogP contribution in [0.2, 0.25) is 5.02 Å². The van der Waals surface area contributed by atoms with Gasteiger partial charge < -0.3 is 10.5 Å². The molecule has 0 aromatic heterocycles. The summed E-state index contributed by atoms with van der Waals surface area (Å²) in [6.07, 6.45) is 1.74. The third-order valence-corrected chi connectivity index (χ3v) is 4.05. The molecule has 1 aliphatic rings. The van der Waals surface area contributed by atoms with Crippen molar-refractivity contribution in [2.24, 2.45) is 5.73 Å². The summed E-state index contributed by atoms with van der Waals surface area (Å²) in [6, 6.07) is 2.90. The van der Waals surface area contributed by atoms with E-state index in [2.05, 4.69) is 15.9 Å². The van der Waals surface area contributed by atoms with Gasteiger partial charge in [0.1, 0.15) is 5.82 Å². The molecule has 2 unspecified atom stereocenters. The zero-order chi connectivity index (χ0) is 11.7. The number of nitrogens with two attached hydrogens (primary N) is 1. The standard InChI is InChI=1S/C11H12BrClFNO/c12-7-4-3-6(10(14)9(7)13)11(15)8-2-1-5-16-8/h3-4,8,11H,1-2,5,15H2. The van der Waals surface area contributed by atoms with Crippen LogP contribution in [0.4, 0.5) is 4.39 Å². The lowest BCUT2D eigenvalue weighted by Crippen LogP contribution is -2.26. The van der Waals surface area contributed by atoms with Crippen LogP contribution >= 0.6 is 27.5 Å². The quantitative estimate of drug-likeness (QED) is 0.850. The van der Waals surface area contributed by atoms with Gasteiger partial charge in [-0.15, -0.1) is 0 Å². The lowest BCUT2D eigenvalue weighted by molar-refractivity contribution is 0.0890. The molecule has 1 aromatic carbocycles. The predicted octanol–water partition coefficient (Wildman–Crippen LogP) is 3.42. The first-order valence-corrected chi connectivity index (χ1v) is 6.29. The van der Waals surface area contributed by atoms with Crippen molar-refractivity contribution in [1.82, 2.24) is 0 Å². The second-order valence-electron chi connectivity index (χ2n) is 3.84. The smallest absolute Gasteiger partial charge is 0.147 e. The predicted molar refractivity (Wildman–Crippen MR) is 65.0 cm³/mol. The molecular formula is C11H12BrClFNO. The highest BCUT2D eigenvalue weighted by atomic mass is 79.9. The summed E-state index contributed by atoms with van der Waals surface area (Å²) in [5, 5.41) is 0.0750. The summed E-state index contributed by atoms with van der Waals surface area (Å²) in [7, 11) is 0. The van der Waals surface area contributed by atoms with Crippen molar-refractivity contribution in [2.75, 3.05) is 6.61 Å². The SMILES string of the molecule is NC(c1ccc(Br)c(Cl)c1F)C1CCCO1. The Kier molecular flexibility index (Phi) is 3.85. The van der Waals surface area contributed by atoms with Crippen molar-refractivity contribution in [1.29, 1.82) is 0 Å². The number of hydrogen-bond acceptors (Lipinski definition) is 2. The number of benzene rings is 1. The molecule has 88 valence electrons. The van der Waals surface area contributed by atoms with Gasteiger partial charge in [0.05, 0.1) is 17.2 Å². The van der Waals surface area contributed by atoms with E-state index in [9.17, 15) is 4.39 Å². The summed E-state index contributed by atoms with van der Waals surface area (Å²) in [4.78, 5) is 0. The third kappa shape index (κ3) is 2.25. The molecule has 0 bridgehead atoms. The van der Waals surface area contributed by atoms with E-state index in [1.54, 1.807) is 12.1 Å². The van der Waals surface area contributed by atoms with E-state index in [1.807, 2.05) is 0 Å². The molecule has 5 heteroatoms. The molecular weight excluding hydrogens is 296 g/mol. The Morgan fingerprint density at radius 3 is 2.94 bits per heavy atom. The topological polar surface area (TPSA) is 35.2 Å². The largest absolute Gasteiger partial charge is 0.376 e. The number of hydrogen-bond donors (Lipinski definition) is 1. The van der Waals surface area contributed by atoms with Crippen molar-refractivity contribution in [3.05, 3.63) is 33.0 Å². The van der Waals surface area contributed by atoms with Gasteiger partial charge in [-0.2, -0.15) is 0 Å². The van der Waals surface area contributed by atoms with Crippen LogP contribution in [-0.2, 0) is 4.74 Å². The van der Waals surface area contributed by atoms with Crippen LogP contribution in [0.15, 0.2) is 16.6 Å². The lowest BCUT2D eigenvalue weighted by atomic mass is 10.00. The summed E-state index contributed by atoms with van der Waals surface area (Å²) >= 11 is 8.98. The normalized spacial score (nSPS) is 22.4. The Morgan fingerprint density at radius 2 is 2.31 bits per heavy atom. The molecule has 16 heavy (non-hydrogen) atoms. The maximum atomic E-state index is 13.9. The van der Waals surface area contributed by atoms with Crippen molar-refractivity contribution < 1.29 is 9.13 Å². The van der Waals surface area contributed by atoms with Crippen LogP contribution in [-0.4, -0.2) is 12.7 Å². The van der Waals surface area contributed by atoms with Crippen LogP contribution in [0, 0.1) is 5.82 Å². The summed E-state index contributed by atoms with van der Waals surface area (Å²) < 4.78 is 19.9. The fourth-order valence-corrected chi connectivity index (χ4v) is 2.36. The van der Waals surface area contributed by atoms with Crippen LogP contribution in [0.5, 0.6) is 0 Å². The van der Waals surface area contributed by atoms with Gasteiger partial charge in [-0.3, -0.25) is 0 Å². The van der Waals surface area contributed by atoms with E-state index in [4.69, 9.17) is 22.1 Å². The second-order valence-corrected chi connectivity index (χ2v) is 5.07. The molecule has 1 aliphatic heterocycles. The van der Waals surface area contributed by atoms with Gasteiger partial charge in [0.25, 0.3) is 0 Å². The van der Waals surface area contributed by atoms with Crippen LogP contribution in [0.3, 0.4) is 0 Å². The third-order valence-electron chi connectivity index (χ3n) is 2.79. The van der Waals surface area contributed by atoms with E-state index in [0.717, 1.165) is 12.8 Å². The Balaban J connectivity index is 2.29. The van der Waals surface area contributed by atoms with Gasteiger partial charge in [0.2, 0.25) is 0 Å². The summed E-state index contributed by atoms with van der Waals surface area (Å²) in [5.74, 6) is -0.459. The van der Waals surface area contributed by atoms with E-state index in [1.165, 1.54) is 0 Å². The van der Waals surface area contributed by atoms with E-state index >= 15 is 0 Å². The molecule has 1 saturated heterocycles. The van der Waals surface area contributed by atoms with Crippen molar-refractivity contribution in [3.63, 3.8) is 0 Å². The first-order valence-electron chi connectivity index (χ1n) is 5.12. The van der Waals surface area contributed by atoms with Gasteiger partial charge in [-0.05, 0) is 34.8 Å². The molecule has 1 aromatic rings. The van der Waals surface area contributed by atoms with Crippen molar-refractivity contribution >= 4 is 27.5 Å². The minimum atomic E-state index is -0.459. The van der Waals surface area contributed by atoms with Gasteiger partial charge >= 0.3 is 0 Å². The van der Waals surface area contributed by atoms with Gasteiger partial charge in [0, 0.05) is 16.6 Å². The first kappa shape index (κ1) is 12.3. The van der Waals surface area contributed by atoms with Gasteiger partial charge in [0.15, 0.2) is 0 Å². The number of rotatable bonds is 2. The molecule has 2 atom stereocenters. The second kappa shape index (κ2) is 5.00. The minimum absolute atomic E-state index is 0.0750. The zero-order valence-corrected chi connectivity index (χ0v) is 10.9. The molecule has 2 N–H and O–H groups in total. The van der Waals surface area contributed by atoms with Crippen molar-refractivity contribution in [3.8, 4) is 0 Å². The average molecular weight is 309 g/mol. The van der Waals surface area contributed by atoms with E-state index < -0.39 is 11.9 Å². The molecule has 0 radical (unpaired) electrons. The molecule has 0 saturated carbocycles. The maximum absolute atomic E-state index is 13.9. The highest BCUT2D eigenvalue weighted by Gasteiger charge is 2.27. The molecule has 0 spiro atoms. The van der Waals surface area contributed by atoms with Crippen LogP contribution in [0.25, 0.3) is 0 Å². The maximum Gasteiger partial charge on any atom is 0.147 e. The summed E-state index contributed by atoms with van der Waals surface area (Å²) in [5.41, 5.74) is 6.40. The highest BCUT2D eigenvalue weighted by molar-refractivity contribution is 9.10. The molecule has 1 fully saturated rings. The van der Waals surface area contributed by atoms with Crippen LogP contribution in [0.1, 0.15) is 24.4 Å². The lowest BCUT2D eigenvalue weighted by Gasteiger charge is -2.20. The molecule has 2 rings (SSSR count).